The second-order valence-corrected chi connectivity index (χ2v) is 9.47. The van der Waals surface area contributed by atoms with E-state index in [9.17, 15) is 9.59 Å². The van der Waals surface area contributed by atoms with Crippen LogP contribution in [0.5, 0.6) is 11.5 Å². The molecular weight excluding hydrogens is 547 g/mol. The summed E-state index contributed by atoms with van der Waals surface area (Å²) in [5.41, 5.74) is 2.05. The zero-order chi connectivity index (χ0) is 27.1. The van der Waals surface area contributed by atoms with E-state index in [1.807, 2.05) is 18.2 Å². The normalized spacial score (nSPS) is 10.7. The number of rotatable bonds is 9. The summed E-state index contributed by atoms with van der Waals surface area (Å²) in [4.78, 5) is 26.1. The molecule has 0 spiro atoms. The number of halogens is 3. The van der Waals surface area contributed by atoms with Gasteiger partial charge in [-0.15, -0.1) is 0 Å². The summed E-state index contributed by atoms with van der Waals surface area (Å²) in [6, 6.07) is 25.5. The van der Waals surface area contributed by atoms with Crippen LogP contribution in [-0.2, 0) is 6.61 Å². The minimum Gasteiger partial charge on any atom is -0.493 e. The molecule has 0 bridgehead atoms. The Labute approximate surface area is 235 Å². The lowest BCUT2D eigenvalue weighted by atomic mass is 10.1. The van der Waals surface area contributed by atoms with Crippen LogP contribution in [0.1, 0.15) is 38.0 Å². The van der Waals surface area contributed by atoms with Gasteiger partial charge in [-0.2, -0.15) is 0 Å². The Balaban J connectivity index is 1.61. The molecule has 0 fully saturated rings. The predicted octanol–water partition coefficient (Wildman–Crippen LogP) is 7.09. The maximum atomic E-state index is 13.1. The molecule has 0 unspecified atom stereocenters. The summed E-state index contributed by atoms with van der Waals surface area (Å²) in [5, 5.41) is 7.13. The van der Waals surface area contributed by atoms with Crippen LogP contribution in [0.15, 0.2) is 91.0 Å². The molecule has 0 saturated heterocycles. The predicted molar refractivity (Wildman–Crippen MR) is 149 cm³/mol. The van der Waals surface area contributed by atoms with Gasteiger partial charge in [0.05, 0.1) is 7.11 Å². The van der Waals surface area contributed by atoms with Crippen LogP contribution in [0.4, 0.5) is 0 Å². The summed E-state index contributed by atoms with van der Waals surface area (Å²) in [5.74, 6) is 0.0228. The van der Waals surface area contributed by atoms with E-state index in [1.54, 1.807) is 72.8 Å². The molecule has 0 aliphatic rings. The summed E-state index contributed by atoms with van der Waals surface area (Å²) in [6.45, 7) is 0.232. The van der Waals surface area contributed by atoms with Crippen molar-refractivity contribution >= 4 is 46.6 Å². The zero-order valence-electron chi connectivity index (χ0n) is 20.2. The highest BCUT2D eigenvalue weighted by Gasteiger charge is 2.21. The van der Waals surface area contributed by atoms with Gasteiger partial charge in [-0.05, 0) is 60.2 Å². The second-order valence-electron chi connectivity index (χ2n) is 8.19. The zero-order valence-corrected chi connectivity index (χ0v) is 22.5. The van der Waals surface area contributed by atoms with Gasteiger partial charge in [0.2, 0.25) is 0 Å². The van der Waals surface area contributed by atoms with E-state index >= 15 is 0 Å². The highest BCUT2D eigenvalue weighted by molar-refractivity contribution is 6.31. The van der Waals surface area contributed by atoms with Gasteiger partial charge < -0.3 is 20.1 Å². The second kappa shape index (κ2) is 12.7. The molecule has 4 rings (SSSR count). The average Bonchev–Trinajstić information content (AvgIpc) is 2.92. The first-order valence-electron chi connectivity index (χ1n) is 11.5. The van der Waals surface area contributed by atoms with E-state index in [1.165, 1.54) is 7.11 Å². The minimum atomic E-state index is -0.917. The van der Waals surface area contributed by atoms with E-state index in [2.05, 4.69) is 10.6 Å². The third kappa shape index (κ3) is 6.98. The lowest BCUT2D eigenvalue weighted by molar-refractivity contribution is 0.0883. The fourth-order valence-corrected chi connectivity index (χ4v) is 4.22. The molecule has 4 aromatic carbocycles. The molecule has 38 heavy (non-hydrogen) atoms. The molecule has 0 aromatic heterocycles. The minimum absolute atomic E-state index is 0.232. The number of carbonyl (C=O) groups is 2. The molecule has 2 N–H and O–H groups in total. The first-order valence-corrected chi connectivity index (χ1v) is 12.6. The van der Waals surface area contributed by atoms with Gasteiger partial charge in [-0.1, -0.05) is 71.2 Å². The van der Waals surface area contributed by atoms with Crippen molar-refractivity contribution < 1.29 is 19.1 Å². The molecule has 194 valence electrons. The Hall–Kier alpha value is -3.71. The van der Waals surface area contributed by atoms with Crippen LogP contribution in [0.3, 0.4) is 0 Å². The van der Waals surface area contributed by atoms with Crippen LogP contribution in [0, 0.1) is 0 Å². The third-order valence-corrected chi connectivity index (χ3v) is 6.43. The van der Waals surface area contributed by atoms with Gasteiger partial charge >= 0.3 is 0 Å². The third-order valence-electron chi connectivity index (χ3n) is 5.59. The summed E-state index contributed by atoms with van der Waals surface area (Å²) in [7, 11) is 1.51. The van der Waals surface area contributed by atoms with Crippen molar-refractivity contribution in [3.63, 3.8) is 0 Å². The van der Waals surface area contributed by atoms with Crippen LogP contribution in [0.25, 0.3) is 0 Å². The Morgan fingerprint density at radius 2 is 1.34 bits per heavy atom. The first-order chi connectivity index (χ1) is 18.3. The molecule has 0 radical (unpaired) electrons. The van der Waals surface area contributed by atoms with E-state index in [-0.39, 0.29) is 6.61 Å². The van der Waals surface area contributed by atoms with Gasteiger partial charge in [0.15, 0.2) is 11.5 Å². The van der Waals surface area contributed by atoms with Crippen LogP contribution < -0.4 is 20.1 Å². The highest BCUT2D eigenvalue weighted by atomic mass is 35.5. The Kier molecular flexibility index (Phi) is 9.13. The maximum absolute atomic E-state index is 13.1. The molecular formula is C29H23Cl3N2O4. The van der Waals surface area contributed by atoms with E-state index in [0.717, 1.165) is 5.56 Å². The number of nitrogens with one attached hydrogen (secondary N) is 2. The summed E-state index contributed by atoms with van der Waals surface area (Å²) < 4.78 is 11.5. The number of amides is 2. The Bertz CT molecular complexity index is 1400. The monoisotopic (exact) mass is 568 g/mol. The Morgan fingerprint density at radius 3 is 1.89 bits per heavy atom. The largest absolute Gasteiger partial charge is 0.493 e. The van der Waals surface area contributed by atoms with Crippen molar-refractivity contribution in [2.75, 3.05) is 7.11 Å². The van der Waals surface area contributed by atoms with Crippen molar-refractivity contribution in [3.8, 4) is 11.5 Å². The first kappa shape index (κ1) is 27.3. The standard InChI is InChI=1S/C29H23Cl3N2O4/c1-37-26-16-18(12-13-25(26)38-17-21-6-2-3-11-24(21)32)27(33-28(35)19-7-4-9-22(30)14-19)34-29(36)20-8-5-10-23(31)15-20/h2-16,27H,17H2,1H3,(H,33,35)(H,34,36). The van der Waals surface area contributed by atoms with Crippen molar-refractivity contribution in [1.29, 1.82) is 0 Å². The van der Waals surface area contributed by atoms with Crippen molar-refractivity contribution in [2.45, 2.75) is 12.8 Å². The molecule has 0 aliphatic heterocycles. The van der Waals surface area contributed by atoms with E-state index in [0.29, 0.717) is 43.3 Å². The molecule has 0 aliphatic carbocycles. The van der Waals surface area contributed by atoms with Crippen LogP contribution in [-0.4, -0.2) is 18.9 Å². The maximum Gasteiger partial charge on any atom is 0.253 e. The molecule has 6 nitrogen and oxygen atoms in total. The van der Waals surface area contributed by atoms with Gasteiger partial charge in [-0.25, -0.2) is 0 Å². The van der Waals surface area contributed by atoms with Crippen molar-refractivity contribution in [3.05, 3.63) is 128 Å². The number of hydrogen-bond donors (Lipinski definition) is 2. The van der Waals surface area contributed by atoms with Gasteiger partial charge in [0, 0.05) is 31.8 Å². The number of hydrogen-bond acceptors (Lipinski definition) is 4. The molecule has 0 saturated carbocycles. The van der Waals surface area contributed by atoms with Crippen molar-refractivity contribution in [1.82, 2.24) is 10.6 Å². The average molecular weight is 570 g/mol. The molecule has 9 heteroatoms. The SMILES string of the molecule is COc1cc(C(NC(=O)c2cccc(Cl)c2)NC(=O)c2cccc(Cl)c2)ccc1OCc1ccccc1Cl. The lowest BCUT2D eigenvalue weighted by Crippen LogP contribution is -2.41. The van der Waals surface area contributed by atoms with Gasteiger partial charge in [0.25, 0.3) is 11.8 Å². The number of methoxy groups -OCH3 is 1. The van der Waals surface area contributed by atoms with Crippen LogP contribution in [0.2, 0.25) is 15.1 Å². The smallest absolute Gasteiger partial charge is 0.253 e. The molecule has 0 heterocycles. The topological polar surface area (TPSA) is 76.7 Å². The van der Waals surface area contributed by atoms with Gasteiger partial charge in [-0.3, -0.25) is 9.59 Å². The quantitative estimate of drug-likeness (QED) is 0.211. The van der Waals surface area contributed by atoms with Crippen LogP contribution >= 0.6 is 34.8 Å². The number of benzene rings is 4. The fraction of sp³-hybridized carbons (Fsp3) is 0.103. The molecule has 0 atom stereocenters. The summed E-state index contributed by atoms with van der Waals surface area (Å²) >= 11 is 18.4. The Morgan fingerprint density at radius 1 is 0.737 bits per heavy atom. The van der Waals surface area contributed by atoms with E-state index < -0.39 is 18.0 Å². The molecule has 2 amide bonds. The molecule has 4 aromatic rings. The lowest BCUT2D eigenvalue weighted by Gasteiger charge is -2.22. The highest BCUT2D eigenvalue weighted by Crippen LogP contribution is 2.31. The fourth-order valence-electron chi connectivity index (χ4n) is 3.64. The van der Waals surface area contributed by atoms with Crippen molar-refractivity contribution in [2.24, 2.45) is 0 Å². The number of ether oxygens (including phenoxy) is 2. The summed E-state index contributed by atoms with van der Waals surface area (Å²) in [6.07, 6.45) is -0.917. The number of carbonyl (C=O) groups excluding carboxylic acids is 2. The van der Waals surface area contributed by atoms with Gasteiger partial charge in [0.1, 0.15) is 12.8 Å². The van der Waals surface area contributed by atoms with E-state index in [4.69, 9.17) is 44.3 Å².